The fourth-order valence-electron chi connectivity index (χ4n) is 4.15. The summed E-state index contributed by atoms with van der Waals surface area (Å²) in [5.41, 5.74) is -0.622. The molecule has 0 aromatic heterocycles. The lowest BCUT2D eigenvalue weighted by Gasteiger charge is -2.44. The Morgan fingerprint density at radius 2 is 1.71 bits per heavy atom. The molecule has 2 heterocycles. The van der Waals surface area contributed by atoms with Crippen molar-refractivity contribution < 1.29 is 28.6 Å². The van der Waals surface area contributed by atoms with E-state index in [-0.39, 0.29) is 44.0 Å². The SMILES string of the molecule is O=C(O)C1COC2(CCN(C(=O)c3ccc(Cl)cc3)CC2)N1C(=O)c1cccc(F)c1. The third-order valence-corrected chi connectivity index (χ3v) is 6.01. The molecule has 4 rings (SSSR count). The molecule has 7 nitrogen and oxygen atoms in total. The van der Waals surface area contributed by atoms with Gasteiger partial charge in [0.15, 0.2) is 6.04 Å². The summed E-state index contributed by atoms with van der Waals surface area (Å²) in [4.78, 5) is 40.6. The van der Waals surface area contributed by atoms with E-state index in [1.54, 1.807) is 29.2 Å². The van der Waals surface area contributed by atoms with Crippen LogP contribution in [0.4, 0.5) is 4.39 Å². The lowest BCUT2D eigenvalue weighted by atomic mass is 9.96. The zero-order valence-corrected chi connectivity index (χ0v) is 17.2. The zero-order chi connectivity index (χ0) is 22.2. The highest BCUT2D eigenvalue weighted by Gasteiger charge is 2.54. The van der Waals surface area contributed by atoms with Crippen molar-refractivity contribution in [3.05, 3.63) is 70.5 Å². The number of hydrogen-bond acceptors (Lipinski definition) is 4. The second kappa shape index (κ2) is 8.28. The number of benzene rings is 2. The summed E-state index contributed by atoms with van der Waals surface area (Å²) in [6.07, 6.45) is 0.494. The van der Waals surface area contributed by atoms with E-state index in [1.165, 1.54) is 23.1 Å². The standard InChI is InChI=1S/C22H20ClFN2O5/c23-16-6-4-14(5-7-16)19(27)25-10-8-22(9-11-25)26(18(13-31-22)21(29)30)20(28)15-2-1-3-17(24)12-15/h1-7,12,18H,8-11,13H2,(H,29,30). The van der Waals surface area contributed by atoms with Crippen LogP contribution in [0.25, 0.3) is 0 Å². The monoisotopic (exact) mass is 446 g/mol. The Hall–Kier alpha value is -2.97. The highest BCUT2D eigenvalue weighted by atomic mass is 35.5. The van der Waals surface area contributed by atoms with Crippen LogP contribution in [0.2, 0.25) is 5.02 Å². The van der Waals surface area contributed by atoms with Gasteiger partial charge in [-0.15, -0.1) is 0 Å². The molecule has 2 aliphatic rings. The van der Waals surface area contributed by atoms with Gasteiger partial charge in [0.2, 0.25) is 0 Å². The number of amides is 2. The molecule has 0 saturated carbocycles. The van der Waals surface area contributed by atoms with Gasteiger partial charge in [-0.25, -0.2) is 9.18 Å². The number of halogens is 2. The number of carbonyl (C=O) groups excluding carboxylic acids is 2. The minimum atomic E-state index is -1.19. The summed E-state index contributed by atoms with van der Waals surface area (Å²) in [7, 11) is 0. The van der Waals surface area contributed by atoms with E-state index >= 15 is 0 Å². The second-order valence-electron chi connectivity index (χ2n) is 7.60. The number of ether oxygens (including phenoxy) is 1. The van der Waals surface area contributed by atoms with E-state index in [0.29, 0.717) is 10.6 Å². The molecule has 2 aromatic rings. The molecule has 1 N–H and O–H groups in total. The third kappa shape index (κ3) is 4.00. The maximum absolute atomic E-state index is 13.7. The Morgan fingerprint density at radius 3 is 2.32 bits per heavy atom. The molecule has 2 saturated heterocycles. The van der Waals surface area contributed by atoms with Crippen LogP contribution in [0, 0.1) is 5.82 Å². The van der Waals surface area contributed by atoms with E-state index in [1.807, 2.05) is 0 Å². The van der Waals surface area contributed by atoms with E-state index < -0.39 is 29.5 Å². The molecule has 0 aliphatic carbocycles. The topological polar surface area (TPSA) is 87.2 Å². The number of aliphatic carboxylic acids is 1. The van der Waals surface area contributed by atoms with Crippen LogP contribution in [0.5, 0.6) is 0 Å². The average molecular weight is 447 g/mol. The first kappa shape index (κ1) is 21.3. The summed E-state index contributed by atoms with van der Waals surface area (Å²) in [6.45, 7) is 0.392. The van der Waals surface area contributed by atoms with Crippen molar-refractivity contribution >= 4 is 29.4 Å². The van der Waals surface area contributed by atoms with Crippen LogP contribution in [-0.2, 0) is 9.53 Å². The normalized spacial score (nSPS) is 20.1. The van der Waals surface area contributed by atoms with Crippen LogP contribution >= 0.6 is 11.6 Å². The van der Waals surface area contributed by atoms with Crippen molar-refractivity contribution in [2.75, 3.05) is 19.7 Å². The Bertz CT molecular complexity index is 1020. The van der Waals surface area contributed by atoms with Gasteiger partial charge in [0.1, 0.15) is 11.5 Å². The van der Waals surface area contributed by atoms with Crippen molar-refractivity contribution in [2.24, 2.45) is 0 Å². The number of nitrogens with zero attached hydrogens (tertiary/aromatic N) is 2. The van der Waals surface area contributed by atoms with Crippen LogP contribution in [0.3, 0.4) is 0 Å². The number of hydrogen-bond donors (Lipinski definition) is 1. The van der Waals surface area contributed by atoms with Crippen molar-refractivity contribution in [3.63, 3.8) is 0 Å². The predicted octanol–water partition coefficient (Wildman–Crippen LogP) is 3.04. The second-order valence-corrected chi connectivity index (χ2v) is 8.03. The molecule has 2 amide bonds. The van der Waals surface area contributed by atoms with E-state index in [0.717, 1.165) is 6.07 Å². The summed E-state index contributed by atoms with van der Waals surface area (Å²) in [5.74, 6) is -2.57. The van der Waals surface area contributed by atoms with Crippen molar-refractivity contribution in [3.8, 4) is 0 Å². The Kier molecular flexibility index (Phi) is 5.68. The van der Waals surface area contributed by atoms with Gasteiger partial charge < -0.3 is 14.7 Å². The fraction of sp³-hybridized carbons (Fsp3) is 0.318. The van der Waals surface area contributed by atoms with Gasteiger partial charge in [-0.2, -0.15) is 0 Å². The quantitative estimate of drug-likeness (QED) is 0.783. The molecule has 31 heavy (non-hydrogen) atoms. The minimum Gasteiger partial charge on any atom is -0.480 e. The zero-order valence-electron chi connectivity index (χ0n) is 16.5. The first-order chi connectivity index (χ1) is 14.8. The van der Waals surface area contributed by atoms with Crippen LogP contribution in [0.1, 0.15) is 33.6 Å². The number of carboxylic acids is 1. The Morgan fingerprint density at radius 1 is 1.03 bits per heavy atom. The van der Waals surface area contributed by atoms with Crippen molar-refractivity contribution in [2.45, 2.75) is 24.6 Å². The molecule has 0 bridgehead atoms. The van der Waals surface area contributed by atoms with Gasteiger partial charge in [0.25, 0.3) is 11.8 Å². The summed E-state index contributed by atoms with van der Waals surface area (Å²) < 4.78 is 19.5. The minimum absolute atomic E-state index is 0.0517. The lowest BCUT2D eigenvalue weighted by Crippen LogP contribution is -2.58. The molecular formula is C22H20ClFN2O5. The maximum atomic E-state index is 13.7. The number of carbonyl (C=O) groups is 3. The maximum Gasteiger partial charge on any atom is 0.328 e. The van der Waals surface area contributed by atoms with E-state index in [2.05, 4.69) is 0 Å². The van der Waals surface area contributed by atoms with Crippen LogP contribution in [0.15, 0.2) is 48.5 Å². The molecular weight excluding hydrogens is 427 g/mol. The molecule has 2 aromatic carbocycles. The highest BCUT2D eigenvalue weighted by Crippen LogP contribution is 2.38. The van der Waals surface area contributed by atoms with Crippen LogP contribution in [-0.4, -0.2) is 64.2 Å². The first-order valence-corrected chi connectivity index (χ1v) is 10.2. The van der Waals surface area contributed by atoms with E-state index in [4.69, 9.17) is 16.3 Å². The van der Waals surface area contributed by atoms with Gasteiger partial charge >= 0.3 is 5.97 Å². The van der Waals surface area contributed by atoms with Gasteiger partial charge in [-0.05, 0) is 42.5 Å². The van der Waals surface area contributed by atoms with E-state index in [9.17, 15) is 23.9 Å². The lowest BCUT2D eigenvalue weighted by molar-refractivity contribution is -0.143. The molecule has 1 spiro atoms. The average Bonchev–Trinajstić information content (AvgIpc) is 3.12. The Balaban J connectivity index is 1.56. The number of likely N-dealkylation sites (tertiary alicyclic amines) is 1. The molecule has 1 atom stereocenters. The molecule has 2 fully saturated rings. The number of piperidine rings is 1. The molecule has 2 aliphatic heterocycles. The van der Waals surface area contributed by atoms with Crippen molar-refractivity contribution in [1.29, 1.82) is 0 Å². The third-order valence-electron chi connectivity index (χ3n) is 5.76. The van der Waals surface area contributed by atoms with Gasteiger partial charge in [-0.3, -0.25) is 14.5 Å². The molecule has 0 radical (unpaired) electrons. The summed E-state index contributed by atoms with van der Waals surface area (Å²) in [6, 6.07) is 10.5. The summed E-state index contributed by atoms with van der Waals surface area (Å²) in [5, 5.41) is 10.2. The highest BCUT2D eigenvalue weighted by molar-refractivity contribution is 6.30. The molecule has 162 valence electrons. The predicted molar refractivity (Wildman–Crippen MR) is 109 cm³/mol. The fourth-order valence-corrected chi connectivity index (χ4v) is 4.28. The number of carboxylic acid groups (broad SMARTS) is 1. The van der Waals surface area contributed by atoms with Crippen molar-refractivity contribution in [1.82, 2.24) is 9.80 Å². The smallest absolute Gasteiger partial charge is 0.328 e. The largest absolute Gasteiger partial charge is 0.480 e. The van der Waals surface area contributed by atoms with Gasteiger partial charge in [0.05, 0.1) is 6.61 Å². The number of rotatable bonds is 3. The summed E-state index contributed by atoms with van der Waals surface area (Å²) >= 11 is 5.88. The first-order valence-electron chi connectivity index (χ1n) is 9.81. The van der Waals surface area contributed by atoms with Crippen LogP contribution < -0.4 is 0 Å². The Labute approximate surface area is 183 Å². The van der Waals surface area contributed by atoms with Gasteiger partial charge in [-0.1, -0.05) is 17.7 Å². The van der Waals surface area contributed by atoms with Gasteiger partial charge in [0, 0.05) is 42.1 Å². The molecule has 9 heteroatoms. The molecule has 1 unspecified atom stereocenters.